The van der Waals surface area contributed by atoms with Crippen molar-refractivity contribution in [1.29, 1.82) is 0 Å². The van der Waals surface area contributed by atoms with Gasteiger partial charge in [0, 0.05) is 6.07 Å². The quantitative estimate of drug-likeness (QED) is 0.700. The van der Waals surface area contributed by atoms with Crippen LogP contribution >= 0.6 is 0 Å². The molecule has 0 spiro atoms. The molecule has 72 valence electrons. The zero-order valence-corrected chi connectivity index (χ0v) is 7.56. The molecule has 3 N–H and O–H groups in total. The summed E-state index contributed by atoms with van der Waals surface area (Å²) < 4.78 is 4.94. The molecule has 2 heterocycles. The number of anilines is 1. The number of fused-ring (bicyclic) bond motifs is 1. The first-order valence-electron chi connectivity index (χ1n) is 4.00. The lowest BCUT2D eigenvalue weighted by Crippen LogP contribution is -1.94. The molecule has 0 amide bonds. The van der Waals surface area contributed by atoms with Crippen molar-refractivity contribution < 1.29 is 9.84 Å². The standard InChI is InChI=1S/C9H9N3O2/c1-14-7-3-2-5-9(12-7)8(10)6(13)4-11-5/h2-4,13H,1H3,(H2,10,11). The second-order valence-electron chi connectivity index (χ2n) is 2.78. The van der Waals surface area contributed by atoms with Crippen LogP contribution in [0.4, 0.5) is 5.69 Å². The Hall–Kier alpha value is -2.04. The highest BCUT2D eigenvalue weighted by Crippen LogP contribution is 2.27. The fourth-order valence-corrected chi connectivity index (χ4v) is 1.17. The third kappa shape index (κ3) is 1.19. The zero-order valence-electron chi connectivity index (χ0n) is 7.56. The van der Waals surface area contributed by atoms with Gasteiger partial charge in [-0.1, -0.05) is 0 Å². The van der Waals surface area contributed by atoms with E-state index in [2.05, 4.69) is 9.97 Å². The Morgan fingerprint density at radius 1 is 1.43 bits per heavy atom. The topological polar surface area (TPSA) is 81.3 Å². The van der Waals surface area contributed by atoms with Gasteiger partial charge in [0.1, 0.15) is 11.2 Å². The van der Waals surface area contributed by atoms with Crippen LogP contribution in [0.15, 0.2) is 18.3 Å². The third-order valence-electron chi connectivity index (χ3n) is 1.91. The van der Waals surface area contributed by atoms with Gasteiger partial charge in [-0.05, 0) is 6.07 Å². The number of nitrogens with zero attached hydrogens (tertiary/aromatic N) is 2. The number of methoxy groups -OCH3 is 1. The van der Waals surface area contributed by atoms with Gasteiger partial charge in [0.2, 0.25) is 5.88 Å². The summed E-state index contributed by atoms with van der Waals surface area (Å²) in [5.41, 5.74) is 6.92. The molecule has 0 unspecified atom stereocenters. The lowest BCUT2D eigenvalue weighted by atomic mass is 10.3. The molecule has 0 fully saturated rings. The van der Waals surface area contributed by atoms with Crippen LogP contribution in [0.25, 0.3) is 11.0 Å². The summed E-state index contributed by atoms with van der Waals surface area (Å²) in [5.74, 6) is 0.370. The van der Waals surface area contributed by atoms with Gasteiger partial charge in [-0.2, -0.15) is 0 Å². The Balaban J connectivity index is 2.78. The van der Waals surface area contributed by atoms with Gasteiger partial charge >= 0.3 is 0 Å². The van der Waals surface area contributed by atoms with Crippen LogP contribution in [-0.4, -0.2) is 22.2 Å². The summed E-state index contributed by atoms with van der Waals surface area (Å²) in [7, 11) is 1.51. The first-order valence-corrected chi connectivity index (χ1v) is 4.00. The molecule has 0 saturated heterocycles. The Morgan fingerprint density at radius 2 is 2.21 bits per heavy atom. The van der Waals surface area contributed by atoms with Gasteiger partial charge in [0.25, 0.3) is 0 Å². The maximum absolute atomic E-state index is 9.31. The van der Waals surface area contributed by atoms with E-state index in [1.165, 1.54) is 13.3 Å². The van der Waals surface area contributed by atoms with Crippen LogP contribution in [0.3, 0.4) is 0 Å². The van der Waals surface area contributed by atoms with Gasteiger partial charge < -0.3 is 15.6 Å². The number of rotatable bonds is 1. The van der Waals surface area contributed by atoms with Crippen molar-refractivity contribution in [1.82, 2.24) is 9.97 Å². The van der Waals surface area contributed by atoms with E-state index in [9.17, 15) is 5.11 Å². The predicted molar refractivity (Wildman–Crippen MR) is 52.2 cm³/mol. The van der Waals surface area contributed by atoms with Crippen LogP contribution in [0.5, 0.6) is 11.6 Å². The molecule has 0 aliphatic rings. The highest BCUT2D eigenvalue weighted by atomic mass is 16.5. The van der Waals surface area contributed by atoms with Crippen molar-refractivity contribution in [3.05, 3.63) is 18.3 Å². The summed E-state index contributed by atoms with van der Waals surface area (Å²) in [5, 5.41) is 9.31. The molecule has 5 nitrogen and oxygen atoms in total. The molecule has 0 atom stereocenters. The summed E-state index contributed by atoms with van der Waals surface area (Å²) in [4.78, 5) is 8.05. The minimum atomic E-state index is -0.0711. The van der Waals surface area contributed by atoms with Gasteiger partial charge in [-0.25, -0.2) is 4.98 Å². The van der Waals surface area contributed by atoms with Crippen LogP contribution in [-0.2, 0) is 0 Å². The highest BCUT2D eigenvalue weighted by molar-refractivity contribution is 5.89. The number of nitrogen functional groups attached to an aromatic ring is 1. The highest BCUT2D eigenvalue weighted by Gasteiger charge is 2.06. The van der Waals surface area contributed by atoms with E-state index in [0.29, 0.717) is 16.9 Å². The van der Waals surface area contributed by atoms with Crippen molar-refractivity contribution in [3.8, 4) is 11.6 Å². The van der Waals surface area contributed by atoms with E-state index in [-0.39, 0.29) is 11.4 Å². The zero-order chi connectivity index (χ0) is 10.1. The van der Waals surface area contributed by atoms with Crippen molar-refractivity contribution in [3.63, 3.8) is 0 Å². The lowest BCUT2D eigenvalue weighted by Gasteiger charge is -2.04. The second kappa shape index (κ2) is 3.02. The van der Waals surface area contributed by atoms with Gasteiger partial charge in [-0.15, -0.1) is 0 Å². The summed E-state index contributed by atoms with van der Waals surface area (Å²) in [6, 6.07) is 3.42. The fourth-order valence-electron chi connectivity index (χ4n) is 1.17. The van der Waals surface area contributed by atoms with Crippen LogP contribution in [0.1, 0.15) is 0 Å². The molecule has 2 aromatic rings. The normalized spacial score (nSPS) is 10.4. The number of aromatic nitrogens is 2. The number of ether oxygens (including phenoxy) is 1. The Labute approximate surface area is 80.2 Å². The summed E-state index contributed by atoms with van der Waals surface area (Å²) in [6.45, 7) is 0. The first-order chi connectivity index (χ1) is 6.72. The molecule has 5 heteroatoms. The lowest BCUT2D eigenvalue weighted by molar-refractivity contribution is 0.399. The van der Waals surface area contributed by atoms with Crippen LogP contribution in [0.2, 0.25) is 0 Å². The van der Waals surface area contributed by atoms with E-state index in [1.807, 2.05) is 0 Å². The molecule has 0 aliphatic carbocycles. The molecule has 2 rings (SSSR count). The molecule has 0 aromatic carbocycles. The minimum absolute atomic E-state index is 0.0711. The minimum Gasteiger partial charge on any atom is -0.504 e. The fraction of sp³-hybridized carbons (Fsp3) is 0.111. The van der Waals surface area contributed by atoms with E-state index in [4.69, 9.17) is 10.5 Å². The molecule has 2 aromatic heterocycles. The van der Waals surface area contributed by atoms with Crippen molar-refractivity contribution in [2.45, 2.75) is 0 Å². The first kappa shape index (κ1) is 8.55. The second-order valence-corrected chi connectivity index (χ2v) is 2.78. The molecule has 0 radical (unpaired) electrons. The molecule has 0 bridgehead atoms. The number of hydrogen-bond donors (Lipinski definition) is 2. The largest absolute Gasteiger partial charge is 0.504 e. The van der Waals surface area contributed by atoms with Crippen molar-refractivity contribution in [2.75, 3.05) is 12.8 Å². The smallest absolute Gasteiger partial charge is 0.213 e. The average Bonchev–Trinajstić information content (AvgIpc) is 2.23. The Morgan fingerprint density at radius 3 is 2.93 bits per heavy atom. The average molecular weight is 191 g/mol. The predicted octanol–water partition coefficient (Wildman–Crippen LogP) is 0.926. The maximum atomic E-state index is 9.31. The number of pyridine rings is 2. The van der Waals surface area contributed by atoms with Gasteiger partial charge in [-0.3, -0.25) is 4.98 Å². The number of hydrogen-bond acceptors (Lipinski definition) is 5. The van der Waals surface area contributed by atoms with Crippen LogP contribution in [0, 0.1) is 0 Å². The van der Waals surface area contributed by atoms with Gasteiger partial charge in [0.05, 0.1) is 18.8 Å². The van der Waals surface area contributed by atoms with Crippen LogP contribution < -0.4 is 10.5 Å². The summed E-state index contributed by atoms with van der Waals surface area (Å²) >= 11 is 0. The summed E-state index contributed by atoms with van der Waals surface area (Å²) in [6.07, 6.45) is 1.30. The van der Waals surface area contributed by atoms with Crippen molar-refractivity contribution >= 4 is 16.7 Å². The Kier molecular flexibility index (Phi) is 1.85. The molecule has 0 aliphatic heterocycles. The number of aromatic hydroxyl groups is 1. The van der Waals surface area contributed by atoms with Gasteiger partial charge in [0.15, 0.2) is 5.75 Å². The molecule has 0 saturated carbocycles. The monoisotopic (exact) mass is 191 g/mol. The van der Waals surface area contributed by atoms with E-state index < -0.39 is 0 Å². The van der Waals surface area contributed by atoms with E-state index >= 15 is 0 Å². The molecule has 14 heavy (non-hydrogen) atoms. The van der Waals surface area contributed by atoms with Crippen molar-refractivity contribution in [2.24, 2.45) is 0 Å². The Bertz CT molecular complexity index is 485. The SMILES string of the molecule is COc1ccc2ncc(O)c(N)c2n1. The molecular formula is C9H9N3O2. The van der Waals surface area contributed by atoms with E-state index in [1.54, 1.807) is 12.1 Å². The number of nitrogens with two attached hydrogens (primary N) is 1. The maximum Gasteiger partial charge on any atom is 0.213 e. The third-order valence-corrected chi connectivity index (χ3v) is 1.91. The molecular weight excluding hydrogens is 182 g/mol. The van der Waals surface area contributed by atoms with E-state index in [0.717, 1.165) is 0 Å².